The molecule has 3 aromatic rings. The van der Waals surface area contributed by atoms with Crippen LogP contribution in [-0.4, -0.2) is 45.0 Å². The molecule has 198 valence electrons. The Morgan fingerprint density at radius 2 is 1.89 bits per heavy atom. The molecule has 1 fully saturated rings. The van der Waals surface area contributed by atoms with E-state index in [1.54, 1.807) is 24.6 Å². The van der Waals surface area contributed by atoms with Crippen molar-refractivity contribution in [2.75, 3.05) is 13.7 Å². The van der Waals surface area contributed by atoms with Gasteiger partial charge in [-0.1, -0.05) is 20.8 Å². The molecule has 3 aromatic heterocycles. The van der Waals surface area contributed by atoms with Crippen LogP contribution in [0.15, 0.2) is 30.6 Å². The second-order valence-corrected chi connectivity index (χ2v) is 12.3. The van der Waals surface area contributed by atoms with Crippen molar-refractivity contribution in [3.63, 3.8) is 0 Å². The quantitative estimate of drug-likeness (QED) is 0.304. The van der Waals surface area contributed by atoms with Crippen LogP contribution in [0.5, 0.6) is 0 Å². The van der Waals surface area contributed by atoms with Gasteiger partial charge in [-0.25, -0.2) is 4.98 Å². The van der Waals surface area contributed by atoms with Gasteiger partial charge in [0.15, 0.2) is 0 Å². The molecule has 0 unspecified atom stereocenters. The first kappa shape index (κ1) is 27.3. The van der Waals surface area contributed by atoms with Crippen molar-refractivity contribution in [2.24, 2.45) is 5.92 Å². The number of thiazole rings is 1. The Labute approximate surface area is 223 Å². The Bertz CT molecular complexity index is 1220. The highest BCUT2D eigenvalue weighted by Crippen LogP contribution is 2.32. The van der Waals surface area contributed by atoms with Crippen LogP contribution in [0.1, 0.15) is 72.6 Å². The maximum absolute atomic E-state index is 13.0. The number of ketones is 2. The van der Waals surface area contributed by atoms with Crippen molar-refractivity contribution < 1.29 is 14.3 Å². The Kier molecular flexibility index (Phi) is 9.03. The van der Waals surface area contributed by atoms with E-state index in [1.165, 1.54) is 12.8 Å². The van der Waals surface area contributed by atoms with Crippen molar-refractivity contribution in [2.45, 2.75) is 84.1 Å². The molecule has 1 aliphatic rings. The van der Waals surface area contributed by atoms with E-state index in [0.717, 1.165) is 51.9 Å². The Hall–Kier alpha value is -2.71. The van der Waals surface area contributed by atoms with Crippen LogP contribution in [-0.2, 0) is 58.4 Å². The molecule has 0 radical (unpaired) electrons. The van der Waals surface area contributed by atoms with Gasteiger partial charge in [0.2, 0.25) is 0 Å². The lowest BCUT2D eigenvalue weighted by molar-refractivity contribution is -0.119. The number of carbonyl (C=O) groups excluding carboxylic acids is 2. The van der Waals surface area contributed by atoms with E-state index >= 15 is 0 Å². The number of pyridine rings is 1. The number of aromatic nitrogens is 4. The minimum absolute atomic E-state index is 0.0358. The monoisotopic (exact) mass is 522 g/mol. The van der Waals surface area contributed by atoms with E-state index in [1.807, 2.05) is 18.3 Å². The van der Waals surface area contributed by atoms with Crippen LogP contribution in [0.25, 0.3) is 0 Å². The number of carbonyl (C=O) groups is 2. The molecule has 0 N–H and O–H groups in total. The second-order valence-electron chi connectivity index (χ2n) is 11.1. The first-order valence-electron chi connectivity index (χ1n) is 13.2. The highest BCUT2D eigenvalue weighted by Gasteiger charge is 2.26. The summed E-state index contributed by atoms with van der Waals surface area (Å²) < 4.78 is 7.05. The molecule has 4 rings (SSSR count). The minimum Gasteiger partial charge on any atom is -0.384 e. The summed E-state index contributed by atoms with van der Waals surface area (Å²) in [7, 11) is 1.60. The molecule has 0 saturated heterocycles. The van der Waals surface area contributed by atoms with Gasteiger partial charge >= 0.3 is 0 Å². The molecule has 1 saturated carbocycles. The Morgan fingerprint density at radius 3 is 2.62 bits per heavy atom. The Morgan fingerprint density at radius 1 is 1.08 bits per heavy atom. The topological polar surface area (TPSA) is 87.0 Å². The number of rotatable bonds is 14. The van der Waals surface area contributed by atoms with E-state index in [-0.39, 0.29) is 17.0 Å². The lowest BCUT2D eigenvalue weighted by Crippen LogP contribution is -2.14. The number of ether oxygens (including phenoxy) is 1. The van der Waals surface area contributed by atoms with E-state index in [4.69, 9.17) is 9.84 Å². The summed E-state index contributed by atoms with van der Waals surface area (Å²) in [5.74, 6) is 1.01. The number of Topliss-reactive ketones (excluding diaryl/α,β-unsaturated/α-hetero) is 2. The van der Waals surface area contributed by atoms with Gasteiger partial charge in [-0.3, -0.25) is 19.3 Å². The summed E-state index contributed by atoms with van der Waals surface area (Å²) in [6.45, 7) is 7.84. The van der Waals surface area contributed by atoms with E-state index < -0.39 is 0 Å². The zero-order chi connectivity index (χ0) is 26.4. The highest BCUT2D eigenvalue weighted by atomic mass is 32.1. The molecule has 0 atom stereocenters. The van der Waals surface area contributed by atoms with Crippen molar-refractivity contribution in [1.82, 2.24) is 19.7 Å². The molecule has 0 spiro atoms. The molecule has 0 aromatic carbocycles. The summed E-state index contributed by atoms with van der Waals surface area (Å²) in [4.78, 5) is 35.0. The van der Waals surface area contributed by atoms with Crippen LogP contribution in [0, 0.1) is 5.92 Å². The third-order valence-corrected chi connectivity index (χ3v) is 7.65. The predicted octanol–water partition coefficient (Wildman–Crippen LogP) is 4.73. The van der Waals surface area contributed by atoms with Gasteiger partial charge < -0.3 is 4.74 Å². The Balaban J connectivity index is 1.30. The SMILES string of the molecule is COCCC(=O)Cc1cc(CCc2cnc(CC(=O)Cc3cc(C(C)(C)C)nn3CC3CC3)s2)ccn1. The number of hydrogen-bond acceptors (Lipinski definition) is 7. The first-order chi connectivity index (χ1) is 17.7. The van der Waals surface area contributed by atoms with Crippen molar-refractivity contribution in [3.8, 4) is 0 Å². The standard InChI is InChI=1S/C29H38N4O3S/c1-29(2,3)27-16-23(33(32-27)19-21-5-6-21)15-25(35)17-28-31-18-26(37-28)8-7-20-9-11-30-22(13-20)14-24(34)10-12-36-4/h9,11,13,16,18,21H,5-8,10,12,14-15,17,19H2,1-4H3. The minimum atomic E-state index is -0.0358. The molecule has 7 nitrogen and oxygen atoms in total. The van der Waals surface area contributed by atoms with Gasteiger partial charge in [0, 0.05) is 67.0 Å². The van der Waals surface area contributed by atoms with E-state index in [0.29, 0.717) is 38.2 Å². The van der Waals surface area contributed by atoms with Gasteiger partial charge in [-0.15, -0.1) is 11.3 Å². The number of aryl methyl sites for hydroxylation is 2. The van der Waals surface area contributed by atoms with Crippen molar-refractivity contribution >= 4 is 22.9 Å². The molecule has 37 heavy (non-hydrogen) atoms. The molecule has 0 amide bonds. The van der Waals surface area contributed by atoms with Crippen LogP contribution < -0.4 is 0 Å². The number of nitrogens with zero attached hydrogens (tertiary/aromatic N) is 4. The average molecular weight is 523 g/mol. The van der Waals surface area contributed by atoms with E-state index in [2.05, 4.69) is 41.5 Å². The normalized spacial score (nSPS) is 13.7. The maximum atomic E-state index is 13.0. The summed E-state index contributed by atoms with van der Waals surface area (Å²) >= 11 is 1.61. The smallest absolute Gasteiger partial charge is 0.145 e. The zero-order valence-corrected chi connectivity index (χ0v) is 23.3. The lowest BCUT2D eigenvalue weighted by atomic mass is 9.92. The van der Waals surface area contributed by atoms with Crippen LogP contribution in [0.2, 0.25) is 0 Å². The fourth-order valence-corrected chi connectivity index (χ4v) is 5.15. The molecular weight excluding hydrogens is 484 g/mol. The molecule has 1 aliphatic carbocycles. The predicted molar refractivity (Wildman–Crippen MR) is 145 cm³/mol. The zero-order valence-electron chi connectivity index (χ0n) is 22.5. The molecule has 0 bridgehead atoms. The molecule has 8 heteroatoms. The van der Waals surface area contributed by atoms with Crippen LogP contribution in [0.3, 0.4) is 0 Å². The van der Waals surface area contributed by atoms with E-state index in [9.17, 15) is 9.59 Å². The van der Waals surface area contributed by atoms with Crippen LogP contribution in [0.4, 0.5) is 0 Å². The average Bonchev–Trinajstić information content (AvgIpc) is 3.40. The molecule has 0 aliphatic heterocycles. The molecular formula is C29H38N4O3S. The molecule has 3 heterocycles. The van der Waals surface area contributed by atoms with Gasteiger partial charge in [-0.05, 0) is 55.4 Å². The summed E-state index contributed by atoms with van der Waals surface area (Å²) in [5.41, 5.74) is 3.98. The summed E-state index contributed by atoms with van der Waals surface area (Å²) in [6, 6.07) is 6.11. The third-order valence-electron chi connectivity index (χ3n) is 6.59. The van der Waals surface area contributed by atoms with Gasteiger partial charge in [0.25, 0.3) is 0 Å². The number of hydrogen-bond donors (Lipinski definition) is 0. The fourth-order valence-electron chi connectivity index (χ4n) is 4.20. The third kappa shape index (κ3) is 8.40. The van der Waals surface area contributed by atoms with Crippen LogP contribution >= 0.6 is 11.3 Å². The summed E-state index contributed by atoms with van der Waals surface area (Å²) in [5, 5.41) is 5.70. The lowest BCUT2D eigenvalue weighted by Gasteiger charge is -2.14. The van der Waals surface area contributed by atoms with Gasteiger partial charge in [0.05, 0.1) is 18.7 Å². The highest BCUT2D eigenvalue weighted by molar-refractivity contribution is 7.11. The van der Waals surface area contributed by atoms with Crippen molar-refractivity contribution in [1.29, 1.82) is 0 Å². The fraction of sp³-hybridized carbons (Fsp3) is 0.552. The number of methoxy groups -OCH3 is 1. The van der Waals surface area contributed by atoms with Gasteiger partial charge in [-0.2, -0.15) is 5.10 Å². The second kappa shape index (κ2) is 12.2. The maximum Gasteiger partial charge on any atom is 0.145 e. The summed E-state index contributed by atoms with van der Waals surface area (Å²) in [6.07, 6.45) is 9.35. The van der Waals surface area contributed by atoms with Gasteiger partial charge in [0.1, 0.15) is 16.6 Å². The first-order valence-corrected chi connectivity index (χ1v) is 14.0. The van der Waals surface area contributed by atoms with Crippen molar-refractivity contribution in [3.05, 3.63) is 63.1 Å². The largest absolute Gasteiger partial charge is 0.384 e.